The van der Waals surface area contributed by atoms with Gasteiger partial charge in [0.25, 0.3) is 0 Å². The molecule has 1 unspecified atom stereocenters. The highest BCUT2D eigenvalue weighted by molar-refractivity contribution is 8.01. The second-order valence-electron chi connectivity index (χ2n) is 6.66. The third-order valence-corrected chi connectivity index (χ3v) is 7.90. The molecular formula is C17H17N7OS3. The highest BCUT2D eigenvalue weighted by Gasteiger charge is 2.34. The zero-order valence-electron chi connectivity index (χ0n) is 15.1. The van der Waals surface area contributed by atoms with Crippen molar-refractivity contribution in [2.75, 3.05) is 16.4 Å². The Morgan fingerprint density at radius 3 is 2.96 bits per heavy atom. The number of aromatic nitrogens is 6. The van der Waals surface area contributed by atoms with Gasteiger partial charge in [-0.2, -0.15) is 0 Å². The molecule has 8 nitrogen and oxygen atoms in total. The van der Waals surface area contributed by atoms with Gasteiger partial charge in [0, 0.05) is 42.4 Å². The molecule has 4 heterocycles. The summed E-state index contributed by atoms with van der Waals surface area (Å²) in [6, 6.07) is 4.49. The molecule has 0 N–H and O–H groups in total. The number of amides is 1. The normalized spacial score (nSPS) is 18.2. The van der Waals surface area contributed by atoms with Gasteiger partial charge in [-0.05, 0) is 25.0 Å². The Balaban J connectivity index is 1.31. The van der Waals surface area contributed by atoms with Crippen molar-refractivity contribution in [2.24, 2.45) is 0 Å². The second-order valence-corrected chi connectivity index (χ2v) is 9.87. The number of rotatable bonds is 6. The van der Waals surface area contributed by atoms with E-state index in [1.807, 2.05) is 18.3 Å². The number of carbonyl (C=O) groups excluding carboxylic acids is 1. The number of pyridine rings is 1. The summed E-state index contributed by atoms with van der Waals surface area (Å²) in [7, 11) is 0. The van der Waals surface area contributed by atoms with Gasteiger partial charge in [0.2, 0.25) is 11.0 Å². The van der Waals surface area contributed by atoms with Gasteiger partial charge in [0.1, 0.15) is 0 Å². The molecular weight excluding hydrogens is 414 g/mol. The van der Waals surface area contributed by atoms with Crippen LogP contribution in [0.1, 0.15) is 25.8 Å². The Morgan fingerprint density at radius 1 is 1.32 bits per heavy atom. The van der Waals surface area contributed by atoms with Gasteiger partial charge in [-0.3, -0.25) is 19.2 Å². The van der Waals surface area contributed by atoms with Crippen LogP contribution < -0.4 is 4.90 Å². The van der Waals surface area contributed by atoms with Crippen molar-refractivity contribution in [1.82, 2.24) is 29.9 Å². The molecule has 0 aromatic carbocycles. The predicted molar refractivity (Wildman–Crippen MR) is 110 cm³/mol. The first-order valence-corrected chi connectivity index (χ1v) is 11.7. The van der Waals surface area contributed by atoms with E-state index >= 15 is 0 Å². The molecule has 144 valence electrons. The Hall–Kier alpha value is -1.98. The number of nitrogens with zero attached hydrogens (tertiary/aromatic N) is 7. The highest BCUT2D eigenvalue weighted by Crippen LogP contribution is 2.40. The lowest BCUT2D eigenvalue weighted by Gasteiger charge is -2.15. The van der Waals surface area contributed by atoms with Crippen molar-refractivity contribution >= 4 is 45.9 Å². The molecule has 1 saturated carbocycles. The van der Waals surface area contributed by atoms with E-state index in [1.165, 1.54) is 11.3 Å². The van der Waals surface area contributed by atoms with Crippen LogP contribution in [-0.2, 0) is 4.79 Å². The summed E-state index contributed by atoms with van der Waals surface area (Å²) in [5.41, 5.74) is 0.971. The minimum atomic E-state index is 0.0395. The Kier molecular flexibility index (Phi) is 4.81. The van der Waals surface area contributed by atoms with Gasteiger partial charge in [-0.25, -0.2) is 0 Å². The summed E-state index contributed by atoms with van der Waals surface area (Å²) < 4.78 is 3.08. The van der Waals surface area contributed by atoms with E-state index in [9.17, 15) is 4.79 Å². The zero-order valence-corrected chi connectivity index (χ0v) is 17.5. The minimum Gasteiger partial charge on any atom is -0.297 e. The van der Waals surface area contributed by atoms with Crippen LogP contribution in [0.2, 0.25) is 0 Å². The van der Waals surface area contributed by atoms with Gasteiger partial charge < -0.3 is 0 Å². The van der Waals surface area contributed by atoms with Crippen LogP contribution in [0.3, 0.4) is 0 Å². The minimum absolute atomic E-state index is 0.0395. The summed E-state index contributed by atoms with van der Waals surface area (Å²) in [6.45, 7) is 1.59. The predicted octanol–water partition coefficient (Wildman–Crippen LogP) is 3.15. The van der Waals surface area contributed by atoms with Gasteiger partial charge in [0.05, 0.1) is 6.04 Å². The van der Waals surface area contributed by atoms with E-state index < -0.39 is 0 Å². The third kappa shape index (κ3) is 3.42. The molecule has 3 aromatic heterocycles. The lowest BCUT2D eigenvalue weighted by atomic mass is 10.2. The first-order valence-electron chi connectivity index (χ1n) is 8.95. The van der Waals surface area contributed by atoms with Gasteiger partial charge >= 0.3 is 0 Å². The summed E-state index contributed by atoms with van der Waals surface area (Å²) in [5.74, 6) is 2.70. The smallest absolute Gasteiger partial charge is 0.225 e. The van der Waals surface area contributed by atoms with Crippen molar-refractivity contribution in [1.29, 1.82) is 0 Å². The molecule has 2 aliphatic rings. The maximum absolute atomic E-state index is 11.9. The number of thioether (sulfide) groups is 2. The Bertz CT molecular complexity index is 1000. The second kappa shape index (κ2) is 7.45. The van der Waals surface area contributed by atoms with Crippen LogP contribution in [-0.4, -0.2) is 53.4 Å². The maximum atomic E-state index is 11.9. The quantitative estimate of drug-likeness (QED) is 0.434. The van der Waals surface area contributed by atoms with Crippen molar-refractivity contribution in [3.8, 4) is 11.4 Å². The lowest BCUT2D eigenvalue weighted by Crippen LogP contribution is -2.30. The molecule has 0 radical (unpaired) electrons. The van der Waals surface area contributed by atoms with Crippen molar-refractivity contribution in [3.05, 3.63) is 24.5 Å². The molecule has 28 heavy (non-hydrogen) atoms. The number of fused-ring (bicyclic) bond motifs is 1. The van der Waals surface area contributed by atoms with Crippen molar-refractivity contribution in [2.45, 2.75) is 41.3 Å². The van der Waals surface area contributed by atoms with Crippen LogP contribution in [0.25, 0.3) is 11.4 Å². The lowest BCUT2D eigenvalue weighted by molar-refractivity contribution is -0.116. The fourth-order valence-corrected chi connectivity index (χ4v) is 6.46. The summed E-state index contributed by atoms with van der Waals surface area (Å²) >= 11 is 4.89. The van der Waals surface area contributed by atoms with Crippen LogP contribution in [0, 0.1) is 0 Å². The molecule has 3 aromatic rings. The average Bonchev–Trinajstić information content (AvgIpc) is 3.10. The molecule has 1 atom stereocenters. The molecule has 1 fully saturated rings. The Labute approximate surface area is 174 Å². The third-order valence-electron chi connectivity index (χ3n) is 4.61. The van der Waals surface area contributed by atoms with Crippen LogP contribution >= 0.6 is 34.9 Å². The topological polar surface area (TPSA) is 89.7 Å². The van der Waals surface area contributed by atoms with E-state index in [0.29, 0.717) is 11.2 Å². The molecule has 0 saturated heterocycles. The van der Waals surface area contributed by atoms with E-state index in [0.717, 1.165) is 45.2 Å². The molecule has 1 aliphatic carbocycles. The first kappa shape index (κ1) is 18.1. The monoisotopic (exact) mass is 431 g/mol. The van der Waals surface area contributed by atoms with Crippen LogP contribution in [0.5, 0.6) is 0 Å². The molecule has 0 bridgehead atoms. The fourth-order valence-electron chi connectivity index (χ4n) is 3.17. The Morgan fingerprint density at radius 2 is 2.21 bits per heavy atom. The van der Waals surface area contributed by atoms with Gasteiger partial charge in [-0.1, -0.05) is 34.9 Å². The van der Waals surface area contributed by atoms with E-state index in [2.05, 4.69) is 29.9 Å². The number of hydrogen-bond donors (Lipinski definition) is 0. The number of hydrogen-bond acceptors (Lipinski definition) is 9. The van der Waals surface area contributed by atoms with Crippen molar-refractivity contribution < 1.29 is 4.79 Å². The first-order chi connectivity index (χ1) is 13.7. The number of anilines is 1. The van der Waals surface area contributed by atoms with E-state index in [4.69, 9.17) is 0 Å². The summed E-state index contributed by atoms with van der Waals surface area (Å²) in [5, 5.41) is 18.9. The highest BCUT2D eigenvalue weighted by atomic mass is 32.2. The van der Waals surface area contributed by atoms with Gasteiger partial charge in [-0.15, -0.1) is 20.4 Å². The molecule has 1 aliphatic heterocycles. The average molecular weight is 432 g/mol. The summed E-state index contributed by atoms with van der Waals surface area (Å²) in [6.07, 6.45) is 5.67. The summed E-state index contributed by atoms with van der Waals surface area (Å²) in [4.78, 5) is 17.9. The number of carbonyl (C=O) groups is 1. The largest absolute Gasteiger partial charge is 0.297 e. The molecule has 11 heteroatoms. The van der Waals surface area contributed by atoms with Crippen LogP contribution in [0.15, 0.2) is 34.0 Å². The van der Waals surface area contributed by atoms with E-state index in [1.54, 1.807) is 41.5 Å². The molecule has 0 spiro atoms. The molecule has 1 amide bonds. The zero-order chi connectivity index (χ0) is 19.1. The standard InChI is InChI=1S/C17H17N7OS3/c1-10(25)23(12-4-5-12)16-21-22-17(28-16)27-9-13-8-26-15-20-19-14(24(13)15)11-3-2-6-18-7-11/h2-3,6-7,12-13H,4-5,8-9H2,1H3. The van der Waals surface area contributed by atoms with Crippen LogP contribution in [0.4, 0.5) is 5.13 Å². The SMILES string of the molecule is CC(=O)N(c1nnc(SCC2CSc3nnc(-c4cccnc4)n32)s1)C1CC1. The van der Waals surface area contributed by atoms with Crippen molar-refractivity contribution in [3.63, 3.8) is 0 Å². The maximum Gasteiger partial charge on any atom is 0.225 e. The van der Waals surface area contributed by atoms with E-state index in [-0.39, 0.29) is 11.9 Å². The fraction of sp³-hybridized carbons (Fsp3) is 0.412. The molecule has 5 rings (SSSR count). The van der Waals surface area contributed by atoms with Gasteiger partial charge in [0.15, 0.2) is 15.3 Å².